The van der Waals surface area contributed by atoms with Gasteiger partial charge in [0.1, 0.15) is 5.60 Å². The molecule has 0 unspecified atom stereocenters. The summed E-state index contributed by atoms with van der Waals surface area (Å²) in [7, 11) is 2.06. The number of hydrogen-bond donors (Lipinski definition) is 1. The molecule has 1 fully saturated rings. The Labute approximate surface area is 144 Å². The minimum atomic E-state index is -1.05. The lowest BCUT2D eigenvalue weighted by Gasteiger charge is -2.43. The van der Waals surface area contributed by atoms with Crippen molar-refractivity contribution in [1.82, 2.24) is 4.90 Å². The van der Waals surface area contributed by atoms with E-state index in [1.165, 1.54) is 0 Å². The van der Waals surface area contributed by atoms with Crippen LogP contribution in [0.25, 0.3) is 0 Å². The van der Waals surface area contributed by atoms with Crippen LogP contribution in [0.4, 0.5) is 0 Å². The number of carbonyl (C=O) groups is 1. The summed E-state index contributed by atoms with van der Waals surface area (Å²) < 4.78 is 5.51. The number of aliphatic hydroxyl groups is 1. The summed E-state index contributed by atoms with van der Waals surface area (Å²) in [6.45, 7) is 8.36. The summed E-state index contributed by atoms with van der Waals surface area (Å²) in [4.78, 5) is 14.4. The standard InChI is InChI=1S/C20H27NO3/c1-15-14-21(5)16(2)13-20(15,23)12-11-19(3,4)24-18(22)17-9-7-6-8-10-17/h6-10,15-16,23H,13-14H2,1-5H3/t15-,16+,20+/m0/s1. The van der Waals surface area contributed by atoms with E-state index in [0.717, 1.165) is 6.54 Å². The summed E-state index contributed by atoms with van der Waals surface area (Å²) >= 11 is 0. The molecule has 1 aliphatic rings. The van der Waals surface area contributed by atoms with Gasteiger partial charge in [0.2, 0.25) is 0 Å². The molecule has 0 spiro atoms. The van der Waals surface area contributed by atoms with E-state index in [2.05, 4.69) is 30.7 Å². The molecule has 1 heterocycles. The second-order valence-electron chi connectivity index (χ2n) is 7.33. The van der Waals surface area contributed by atoms with E-state index in [4.69, 9.17) is 4.74 Å². The SMILES string of the molecule is C[C@@H]1C[C@](O)(C#CC(C)(C)OC(=O)c2ccccc2)[C@@H](C)CN1C. The van der Waals surface area contributed by atoms with Crippen LogP contribution in [0.2, 0.25) is 0 Å². The van der Waals surface area contributed by atoms with E-state index in [9.17, 15) is 9.90 Å². The topological polar surface area (TPSA) is 49.8 Å². The summed E-state index contributed by atoms with van der Waals surface area (Å²) in [5, 5.41) is 10.9. The van der Waals surface area contributed by atoms with Crippen LogP contribution in [0.15, 0.2) is 30.3 Å². The first kappa shape index (κ1) is 18.5. The van der Waals surface area contributed by atoms with Crippen LogP contribution in [0.5, 0.6) is 0 Å². The van der Waals surface area contributed by atoms with E-state index in [1.54, 1.807) is 38.1 Å². The molecule has 0 bridgehead atoms. The second-order valence-corrected chi connectivity index (χ2v) is 7.33. The number of nitrogens with zero attached hydrogens (tertiary/aromatic N) is 1. The molecular formula is C20H27NO3. The molecule has 4 nitrogen and oxygen atoms in total. The first-order valence-corrected chi connectivity index (χ1v) is 8.38. The van der Waals surface area contributed by atoms with Gasteiger partial charge >= 0.3 is 5.97 Å². The third-order valence-electron chi connectivity index (χ3n) is 4.67. The van der Waals surface area contributed by atoms with E-state index in [1.807, 2.05) is 13.0 Å². The van der Waals surface area contributed by atoms with Crippen LogP contribution in [-0.2, 0) is 4.74 Å². The van der Waals surface area contributed by atoms with Crippen molar-refractivity contribution in [1.29, 1.82) is 0 Å². The van der Waals surface area contributed by atoms with Crippen molar-refractivity contribution in [2.75, 3.05) is 13.6 Å². The predicted octanol–water partition coefficient (Wildman–Crippen LogP) is 2.72. The molecule has 24 heavy (non-hydrogen) atoms. The van der Waals surface area contributed by atoms with Gasteiger partial charge in [0, 0.05) is 24.9 Å². The Morgan fingerprint density at radius 1 is 1.33 bits per heavy atom. The van der Waals surface area contributed by atoms with Gasteiger partial charge in [0.05, 0.1) is 5.56 Å². The fraction of sp³-hybridized carbons (Fsp3) is 0.550. The Kier molecular flexibility index (Phi) is 5.37. The van der Waals surface area contributed by atoms with E-state index < -0.39 is 17.2 Å². The quantitative estimate of drug-likeness (QED) is 0.669. The fourth-order valence-electron chi connectivity index (χ4n) is 2.89. The molecule has 2 rings (SSSR count). The fourth-order valence-corrected chi connectivity index (χ4v) is 2.89. The molecule has 0 saturated carbocycles. The number of ether oxygens (including phenoxy) is 1. The molecule has 4 heteroatoms. The van der Waals surface area contributed by atoms with Gasteiger partial charge in [-0.25, -0.2) is 4.79 Å². The lowest BCUT2D eigenvalue weighted by atomic mass is 9.79. The summed E-state index contributed by atoms with van der Waals surface area (Å²) in [6.07, 6.45) is 0.584. The van der Waals surface area contributed by atoms with Crippen molar-refractivity contribution in [2.24, 2.45) is 5.92 Å². The van der Waals surface area contributed by atoms with Crippen molar-refractivity contribution < 1.29 is 14.6 Å². The molecule has 1 aromatic carbocycles. The van der Waals surface area contributed by atoms with Crippen molar-refractivity contribution in [2.45, 2.75) is 51.4 Å². The van der Waals surface area contributed by atoms with Crippen LogP contribution in [0.3, 0.4) is 0 Å². The molecule has 0 radical (unpaired) electrons. The molecule has 130 valence electrons. The number of carbonyl (C=O) groups excluding carboxylic acids is 1. The normalized spacial score (nSPS) is 27.9. The van der Waals surface area contributed by atoms with E-state index in [0.29, 0.717) is 12.0 Å². The largest absolute Gasteiger partial charge is 0.443 e. The van der Waals surface area contributed by atoms with E-state index >= 15 is 0 Å². The van der Waals surface area contributed by atoms with Crippen LogP contribution in [0.1, 0.15) is 44.5 Å². The number of piperidine rings is 1. The number of hydrogen-bond acceptors (Lipinski definition) is 4. The first-order valence-electron chi connectivity index (χ1n) is 8.38. The molecule has 0 amide bonds. The minimum absolute atomic E-state index is 0.0341. The highest BCUT2D eigenvalue weighted by Gasteiger charge is 2.40. The molecule has 1 saturated heterocycles. The van der Waals surface area contributed by atoms with Gasteiger partial charge in [0.25, 0.3) is 0 Å². The Bertz CT molecular complexity index is 644. The Hall–Kier alpha value is -1.83. The lowest BCUT2D eigenvalue weighted by Crippen LogP contribution is -2.52. The molecule has 1 aromatic rings. The molecule has 0 aromatic heterocycles. The number of esters is 1. The highest BCUT2D eigenvalue weighted by Crippen LogP contribution is 2.30. The second kappa shape index (κ2) is 6.96. The van der Waals surface area contributed by atoms with Gasteiger partial charge < -0.3 is 14.7 Å². The maximum Gasteiger partial charge on any atom is 0.339 e. The third-order valence-corrected chi connectivity index (χ3v) is 4.67. The summed E-state index contributed by atoms with van der Waals surface area (Å²) in [5.74, 6) is 5.60. The molecular weight excluding hydrogens is 302 g/mol. The molecule has 1 aliphatic heterocycles. The Morgan fingerprint density at radius 3 is 2.58 bits per heavy atom. The van der Waals surface area contributed by atoms with Crippen molar-refractivity contribution >= 4 is 5.97 Å². The first-order chi connectivity index (χ1) is 11.1. The number of likely N-dealkylation sites (tertiary alicyclic amines) is 1. The highest BCUT2D eigenvalue weighted by molar-refractivity contribution is 5.89. The number of benzene rings is 1. The van der Waals surface area contributed by atoms with Gasteiger partial charge in [-0.05, 0) is 40.0 Å². The Morgan fingerprint density at radius 2 is 1.96 bits per heavy atom. The zero-order chi connectivity index (χ0) is 18.0. The molecule has 3 atom stereocenters. The van der Waals surface area contributed by atoms with Crippen LogP contribution >= 0.6 is 0 Å². The molecule has 1 N–H and O–H groups in total. The van der Waals surface area contributed by atoms with Crippen molar-refractivity contribution in [3.63, 3.8) is 0 Å². The highest BCUT2D eigenvalue weighted by atomic mass is 16.6. The van der Waals surface area contributed by atoms with Gasteiger partial charge in [-0.1, -0.05) is 37.0 Å². The average Bonchev–Trinajstić information content (AvgIpc) is 2.52. The number of rotatable bonds is 2. The maximum atomic E-state index is 12.2. The van der Waals surface area contributed by atoms with Gasteiger partial charge in [0.15, 0.2) is 5.60 Å². The zero-order valence-corrected chi connectivity index (χ0v) is 15.2. The van der Waals surface area contributed by atoms with Gasteiger partial charge in [-0.15, -0.1) is 0 Å². The van der Waals surface area contributed by atoms with Crippen molar-refractivity contribution in [3.8, 4) is 11.8 Å². The maximum absolute atomic E-state index is 12.2. The minimum Gasteiger partial charge on any atom is -0.443 e. The van der Waals surface area contributed by atoms with Crippen LogP contribution in [0, 0.1) is 17.8 Å². The summed E-state index contributed by atoms with van der Waals surface area (Å²) in [5.41, 5.74) is -1.52. The third kappa shape index (κ3) is 4.37. The van der Waals surface area contributed by atoms with Crippen molar-refractivity contribution in [3.05, 3.63) is 35.9 Å². The molecule has 0 aliphatic carbocycles. The predicted molar refractivity (Wildman–Crippen MR) is 94.5 cm³/mol. The Balaban J connectivity index is 2.11. The summed E-state index contributed by atoms with van der Waals surface area (Å²) in [6, 6.07) is 9.11. The van der Waals surface area contributed by atoms with Crippen LogP contribution < -0.4 is 0 Å². The van der Waals surface area contributed by atoms with Gasteiger partial charge in [-0.3, -0.25) is 0 Å². The average molecular weight is 329 g/mol. The zero-order valence-electron chi connectivity index (χ0n) is 15.2. The smallest absolute Gasteiger partial charge is 0.339 e. The lowest BCUT2D eigenvalue weighted by molar-refractivity contribution is -0.0354. The van der Waals surface area contributed by atoms with Gasteiger partial charge in [-0.2, -0.15) is 0 Å². The van der Waals surface area contributed by atoms with E-state index in [-0.39, 0.29) is 12.0 Å². The van der Waals surface area contributed by atoms with Crippen LogP contribution in [-0.4, -0.2) is 46.8 Å². The monoisotopic (exact) mass is 329 g/mol.